The van der Waals surface area contributed by atoms with Crippen LogP contribution in [0.4, 0.5) is 17.1 Å². The van der Waals surface area contributed by atoms with Crippen LogP contribution in [0.25, 0.3) is 86.1 Å². The van der Waals surface area contributed by atoms with Gasteiger partial charge >= 0.3 is 6.85 Å². The fraction of sp³-hybridized carbons (Fsp3) is 0.316. The quantitative estimate of drug-likeness (QED) is 0.156. The summed E-state index contributed by atoms with van der Waals surface area (Å²) in [5, 5.41) is 8.35. The number of benzene rings is 9. The summed E-state index contributed by atoms with van der Waals surface area (Å²) in [7, 11) is 0. The molecule has 8 saturated carbocycles. The third-order valence-electron chi connectivity index (χ3n) is 22.7. The predicted octanol–water partition coefficient (Wildman–Crippen LogP) is 19.3. The number of nitrogens with zero attached hydrogens (tertiary/aromatic N) is 2. The van der Waals surface area contributed by atoms with Crippen molar-refractivity contribution in [2.75, 3.05) is 4.90 Å². The molecule has 8 aliphatic carbocycles. The van der Waals surface area contributed by atoms with E-state index in [-0.39, 0.29) is 17.7 Å². The van der Waals surface area contributed by atoms with Gasteiger partial charge in [-0.1, -0.05) is 124 Å². The molecule has 0 spiro atoms. The van der Waals surface area contributed by atoms with E-state index in [2.05, 4.69) is 200 Å². The minimum Gasteiger partial charge on any atom is -0.375 e. The Balaban J connectivity index is 0.954. The van der Waals surface area contributed by atoms with Gasteiger partial charge in [-0.05, 0) is 256 Å². The normalized spacial score (nSPS) is 26.6. The van der Waals surface area contributed by atoms with Crippen LogP contribution in [-0.4, -0.2) is 11.3 Å². The van der Waals surface area contributed by atoms with Crippen LogP contribution in [-0.2, 0) is 16.2 Å². The Hall–Kier alpha value is -6.88. The van der Waals surface area contributed by atoms with Gasteiger partial charge in [0.05, 0.1) is 5.69 Å². The zero-order valence-corrected chi connectivity index (χ0v) is 47.3. The molecule has 0 unspecified atom stereocenters. The molecular formula is C76H67BN2S. The van der Waals surface area contributed by atoms with Gasteiger partial charge < -0.3 is 9.38 Å². The molecule has 0 saturated heterocycles. The molecule has 2 aromatic heterocycles. The molecule has 2 nitrogen and oxygen atoms in total. The topological polar surface area (TPSA) is 8.17 Å². The Kier molecular flexibility index (Phi) is 9.15. The van der Waals surface area contributed by atoms with Gasteiger partial charge in [-0.25, -0.2) is 0 Å². The first-order valence-electron chi connectivity index (χ1n) is 30.8. The summed E-state index contributed by atoms with van der Waals surface area (Å²) in [6.07, 6.45) is 17.0. The summed E-state index contributed by atoms with van der Waals surface area (Å²) in [6, 6.07) is 68.2. The minimum atomic E-state index is -0.0480. The van der Waals surface area contributed by atoms with Crippen molar-refractivity contribution in [2.45, 2.75) is 114 Å². The van der Waals surface area contributed by atoms with Crippen LogP contribution in [0.1, 0.15) is 115 Å². The van der Waals surface area contributed by atoms with Crippen molar-refractivity contribution < 1.29 is 0 Å². The van der Waals surface area contributed by atoms with Gasteiger partial charge in [-0.2, -0.15) is 0 Å². The van der Waals surface area contributed by atoms with Crippen molar-refractivity contribution in [3.63, 3.8) is 0 Å². The lowest BCUT2D eigenvalue weighted by Crippen LogP contribution is -2.56. The molecule has 0 radical (unpaired) electrons. The predicted molar refractivity (Wildman–Crippen MR) is 340 cm³/mol. The Labute approximate surface area is 475 Å². The number of thiophene rings is 1. The lowest BCUT2D eigenvalue weighted by molar-refractivity contribution is -0.00527. The van der Waals surface area contributed by atoms with E-state index in [9.17, 15) is 0 Å². The Morgan fingerprint density at radius 1 is 0.438 bits per heavy atom. The molecule has 0 N–H and O–H groups in total. The third kappa shape index (κ3) is 6.38. The highest BCUT2D eigenvalue weighted by Crippen LogP contribution is 2.64. The zero-order chi connectivity index (χ0) is 52.5. The zero-order valence-electron chi connectivity index (χ0n) is 46.5. The van der Waals surface area contributed by atoms with Gasteiger partial charge in [0.15, 0.2) is 0 Å². The molecule has 9 aromatic carbocycles. The average Bonchev–Trinajstić information content (AvgIpc) is 3.14. The number of fused-ring (bicyclic) bond motifs is 11. The Bertz CT molecular complexity index is 4420. The molecule has 8 bridgehead atoms. The summed E-state index contributed by atoms with van der Waals surface area (Å²) in [5.74, 6) is 5.31. The van der Waals surface area contributed by atoms with E-state index in [1.807, 2.05) is 11.3 Å². The number of anilines is 3. The van der Waals surface area contributed by atoms with Gasteiger partial charge in [0.2, 0.25) is 0 Å². The molecule has 80 heavy (non-hydrogen) atoms. The SMILES string of the molecule is CC(C)(C)c1ccc(N2c3cc4sc5cc6ccccc6cc5c4cc3B3c4c(cc(-c5ccccc5)cc42)-c2cc(C45CC6CC(CC(C6)C4)C5)cc4c5cc(C67CC8CC(CC(C8)C6)C7)ccc5n3c24)c(-c2ccccc2)c1. The maximum Gasteiger partial charge on any atom is 0.333 e. The van der Waals surface area contributed by atoms with Gasteiger partial charge in [0, 0.05) is 64.5 Å². The van der Waals surface area contributed by atoms with E-state index < -0.39 is 0 Å². The molecule has 0 amide bonds. The molecular weight excluding hydrogens is 984 g/mol. The molecule has 390 valence electrons. The Morgan fingerprint density at radius 2 is 1.02 bits per heavy atom. The van der Waals surface area contributed by atoms with Crippen molar-refractivity contribution in [1.82, 2.24) is 4.48 Å². The van der Waals surface area contributed by atoms with E-state index >= 15 is 0 Å². The van der Waals surface area contributed by atoms with Crippen molar-refractivity contribution in [3.05, 3.63) is 187 Å². The van der Waals surface area contributed by atoms with Gasteiger partial charge in [-0.15, -0.1) is 11.3 Å². The first kappa shape index (κ1) is 45.8. The molecule has 4 heterocycles. The first-order chi connectivity index (χ1) is 39.1. The van der Waals surface area contributed by atoms with Crippen molar-refractivity contribution >= 4 is 98.9 Å². The highest BCUT2D eigenvalue weighted by molar-refractivity contribution is 7.26. The molecule has 2 aliphatic heterocycles. The summed E-state index contributed by atoms with van der Waals surface area (Å²) >= 11 is 1.96. The molecule has 0 atom stereocenters. The minimum absolute atomic E-state index is 0.0271. The smallest absolute Gasteiger partial charge is 0.333 e. The average molecular weight is 1050 g/mol. The summed E-state index contributed by atoms with van der Waals surface area (Å²) in [6.45, 7) is 7.04. The van der Waals surface area contributed by atoms with Crippen molar-refractivity contribution in [1.29, 1.82) is 0 Å². The van der Waals surface area contributed by atoms with Crippen molar-refractivity contribution in [2.24, 2.45) is 35.5 Å². The monoisotopic (exact) mass is 1050 g/mol. The highest BCUT2D eigenvalue weighted by Gasteiger charge is 2.54. The lowest BCUT2D eigenvalue weighted by atomic mass is 9.44. The van der Waals surface area contributed by atoms with E-state index in [1.54, 1.807) is 11.1 Å². The van der Waals surface area contributed by atoms with Gasteiger partial charge in [0.1, 0.15) is 0 Å². The van der Waals surface area contributed by atoms with Crippen molar-refractivity contribution in [3.8, 4) is 33.4 Å². The summed E-state index contributed by atoms with van der Waals surface area (Å²) in [5.41, 5.74) is 22.6. The van der Waals surface area contributed by atoms with Crippen LogP contribution in [0, 0.1) is 35.5 Å². The highest BCUT2D eigenvalue weighted by atomic mass is 32.1. The summed E-state index contributed by atoms with van der Waals surface area (Å²) < 4.78 is 5.61. The second-order valence-corrected chi connectivity index (χ2v) is 29.6. The fourth-order valence-corrected chi connectivity index (χ4v) is 21.3. The lowest BCUT2D eigenvalue weighted by Gasteiger charge is -2.57. The van der Waals surface area contributed by atoms with E-state index in [0.717, 1.165) is 35.5 Å². The van der Waals surface area contributed by atoms with Crippen LogP contribution >= 0.6 is 11.3 Å². The maximum atomic E-state index is 2.91. The number of hydrogen-bond donors (Lipinski definition) is 0. The number of hydrogen-bond acceptors (Lipinski definition) is 2. The van der Waals surface area contributed by atoms with Crippen LogP contribution in [0.3, 0.4) is 0 Å². The molecule has 21 rings (SSSR count). The van der Waals surface area contributed by atoms with Crippen LogP contribution in [0.15, 0.2) is 170 Å². The fourth-order valence-electron chi connectivity index (χ4n) is 20.1. The standard InChI is InChI=1S/C76H67BN2S/c1-74(2,3)55-18-20-66(58(32-55)51-14-8-5-9-15-51)78-68-37-71-61(60-28-52-16-10-11-17-53(52)31-70(60)80-71)36-65(68)77-72-62(29-54(30-69(72)78)50-12-6-4-7-13-50)64-35-57(76-41-47-25-48(42-76)27-49(26-47)43-76)34-63-59-33-56(19-21-67(59)79(77)73(63)64)75-38-44-22-45(39-75)24-46(23-44)40-75/h4-21,28-37,44-49H,22-27,38-43H2,1-3H3. The summed E-state index contributed by atoms with van der Waals surface area (Å²) in [4.78, 5) is 2.74. The Morgan fingerprint density at radius 3 is 1.69 bits per heavy atom. The van der Waals surface area contributed by atoms with Gasteiger partial charge in [0.25, 0.3) is 0 Å². The second-order valence-electron chi connectivity index (χ2n) is 28.5. The molecule has 8 fully saturated rings. The molecule has 4 heteroatoms. The maximum absolute atomic E-state index is 2.91. The van der Waals surface area contributed by atoms with E-state index in [0.29, 0.717) is 5.41 Å². The van der Waals surface area contributed by atoms with Crippen LogP contribution < -0.4 is 15.8 Å². The van der Waals surface area contributed by atoms with E-state index in [4.69, 9.17) is 0 Å². The van der Waals surface area contributed by atoms with Gasteiger partial charge in [-0.3, -0.25) is 0 Å². The van der Waals surface area contributed by atoms with Crippen LogP contribution in [0.5, 0.6) is 0 Å². The van der Waals surface area contributed by atoms with Crippen LogP contribution in [0.2, 0.25) is 0 Å². The number of rotatable bonds is 5. The third-order valence-corrected chi connectivity index (χ3v) is 23.9. The second kappa shape index (κ2) is 16.0. The molecule has 10 aliphatic rings. The number of aromatic nitrogens is 1. The van der Waals surface area contributed by atoms with E-state index in [1.165, 1.54) is 197 Å². The first-order valence-corrected chi connectivity index (χ1v) is 31.6. The largest absolute Gasteiger partial charge is 0.375 e. The molecule has 11 aromatic rings.